The Hall–Kier alpha value is -2.40. The Bertz CT molecular complexity index is 581. The zero-order valence-corrected chi connectivity index (χ0v) is 14.7. The highest BCUT2D eigenvalue weighted by Gasteiger charge is 2.22. The molecule has 8 nitrogen and oxygen atoms in total. The fraction of sp³-hybridized carbons (Fsp3) is 0.647. The molecule has 0 aromatic heterocycles. The smallest absolute Gasteiger partial charge is 0.313 e. The first kappa shape index (κ1) is 22.6. The van der Waals surface area contributed by atoms with Gasteiger partial charge >= 0.3 is 5.97 Å². The number of esters is 1. The van der Waals surface area contributed by atoms with Gasteiger partial charge in [0.1, 0.15) is 29.4 Å². The molecular weight excluding hydrogens is 330 g/mol. The fourth-order valence-electron chi connectivity index (χ4n) is 1.90. The number of carbonyl (C=O) groups excluding carboxylic acids is 5. The standard InChI is InChI=1S/C17H23NO7/c1-17(2,3)25-16(24)10-15(23)9-14(22)8-13(21)7-12(20)6-11(19)4-5-18/h11,19H,4,6-10H2,1-3H3. The van der Waals surface area contributed by atoms with Gasteiger partial charge in [0.15, 0.2) is 5.78 Å². The third-order valence-electron chi connectivity index (χ3n) is 2.73. The van der Waals surface area contributed by atoms with Crippen molar-refractivity contribution in [3.8, 4) is 6.07 Å². The number of Topliss-reactive ketones (excluding diaryl/α,β-unsaturated/α-hetero) is 4. The van der Waals surface area contributed by atoms with E-state index >= 15 is 0 Å². The molecule has 0 heterocycles. The van der Waals surface area contributed by atoms with E-state index in [9.17, 15) is 29.1 Å². The van der Waals surface area contributed by atoms with Crippen LogP contribution in [-0.4, -0.2) is 45.9 Å². The molecule has 138 valence electrons. The summed E-state index contributed by atoms with van der Waals surface area (Å²) in [6, 6.07) is 1.69. The SMILES string of the molecule is CC(C)(C)OC(=O)CC(=O)CC(=O)CC(=O)CC(=O)CC(O)CC#N. The molecule has 0 radical (unpaired) electrons. The van der Waals surface area contributed by atoms with Crippen LogP contribution in [0.4, 0.5) is 0 Å². The van der Waals surface area contributed by atoms with Crippen LogP contribution >= 0.6 is 0 Å². The Labute approximate surface area is 146 Å². The Balaban J connectivity index is 4.22. The number of ether oxygens (including phenoxy) is 1. The van der Waals surface area contributed by atoms with Crippen molar-refractivity contribution in [1.82, 2.24) is 0 Å². The summed E-state index contributed by atoms with van der Waals surface area (Å²) in [5, 5.41) is 17.6. The number of aliphatic hydroxyl groups excluding tert-OH is 1. The molecule has 0 spiro atoms. The van der Waals surface area contributed by atoms with Crippen molar-refractivity contribution in [3.63, 3.8) is 0 Å². The Morgan fingerprint density at radius 2 is 1.36 bits per heavy atom. The number of nitrogens with zero attached hydrogens (tertiary/aromatic N) is 1. The summed E-state index contributed by atoms with van der Waals surface area (Å²) in [6.45, 7) is 4.93. The zero-order valence-electron chi connectivity index (χ0n) is 14.7. The number of hydrogen-bond acceptors (Lipinski definition) is 8. The van der Waals surface area contributed by atoms with Crippen molar-refractivity contribution in [2.75, 3.05) is 0 Å². The minimum atomic E-state index is -1.14. The van der Waals surface area contributed by atoms with Crippen LogP contribution in [0.1, 0.15) is 59.3 Å². The second-order valence-corrected chi connectivity index (χ2v) is 6.67. The van der Waals surface area contributed by atoms with Crippen molar-refractivity contribution in [3.05, 3.63) is 0 Å². The predicted octanol–water partition coefficient (Wildman–Crippen LogP) is 0.830. The lowest BCUT2D eigenvalue weighted by Crippen LogP contribution is -2.26. The van der Waals surface area contributed by atoms with E-state index in [1.165, 1.54) is 0 Å². The second kappa shape index (κ2) is 10.5. The molecule has 25 heavy (non-hydrogen) atoms. The summed E-state index contributed by atoms with van der Waals surface area (Å²) in [7, 11) is 0. The van der Waals surface area contributed by atoms with Crippen LogP contribution in [0, 0.1) is 11.3 Å². The van der Waals surface area contributed by atoms with E-state index in [0.717, 1.165) is 0 Å². The van der Waals surface area contributed by atoms with Gasteiger partial charge in [-0.3, -0.25) is 24.0 Å². The van der Waals surface area contributed by atoms with Gasteiger partial charge in [-0.15, -0.1) is 0 Å². The molecule has 0 amide bonds. The Kier molecular flexibility index (Phi) is 9.46. The van der Waals surface area contributed by atoms with Gasteiger partial charge in [-0.2, -0.15) is 5.26 Å². The van der Waals surface area contributed by atoms with E-state index in [0.29, 0.717) is 0 Å². The first-order chi connectivity index (χ1) is 11.4. The maximum atomic E-state index is 11.6. The average molecular weight is 353 g/mol. The fourth-order valence-corrected chi connectivity index (χ4v) is 1.90. The predicted molar refractivity (Wildman–Crippen MR) is 85.2 cm³/mol. The van der Waals surface area contributed by atoms with Gasteiger partial charge in [0, 0.05) is 6.42 Å². The summed E-state index contributed by atoms with van der Waals surface area (Å²) in [4.78, 5) is 57.8. The highest BCUT2D eigenvalue weighted by Crippen LogP contribution is 2.09. The first-order valence-corrected chi connectivity index (χ1v) is 7.76. The third-order valence-corrected chi connectivity index (χ3v) is 2.73. The number of hydrogen-bond donors (Lipinski definition) is 1. The Morgan fingerprint density at radius 1 is 0.920 bits per heavy atom. The molecule has 0 aliphatic heterocycles. The molecule has 0 saturated carbocycles. The summed E-state index contributed by atoms with van der Waals surface area (Å²) >= 11 is 0. The van der Waals surface area contributed by atoms with Gasteiger partial charge in [-0.1, -0.05) is 0 Å². The van der Waals surface area contributed by atoms with Crippen LogP contribution in [0.5, 0.6) is 0 Å². The maximum Gasteiger partial charge on any atom is 0.313 e. The highest BCUT2D eigenvalue weighted by molar-refractivity contribution is 6.13. The first-order valence-electron chi connectivity index (χ1n) is 7.76. The van der Waals surface area contributed by atoms with Gasteiger partial charge in [0.05, 0.1) is 37.9 Å². The summed E-state index contributed by atoms with van der Waals surface area (Å²) in [5.41, 5.74) is -0.742. The number of aliphatic hydroxyl groups is 1. The Morgan fingerprint density at radius 3 is 1.80 bits per heavy atom. The number of rotatable bonds is 11. The molecule has 0 aliphatic carbocycles. The van der Waals surface area contributed by atoms with E-state index in [2.05, 4.69) is 0 Å². The second-order valence-electron chi connectivity index (χ2n) is 6.67. The molecule has 1 N–H and O–H groups in total. The number of carbonyl (C=O) groups is 5. The van der Waals surface area contributed by atoms with Crippen molar-refractivity contribution in [2.24, 2.45) is 0 Å². The molecule has 8 heteroatoms. The van der Waals surface area contributed by atoms with Crippen LogP contribution in [0.2, 0.25) is 0 Å². The van der Waals surface area contributed by atoms with Crippen molar-refractivity contribution >= 4 is 29.1 Å². The van der Waals surface area contributed by atoms with E-state index in [1.54, 1.807) is 26.8 Å². The topological polar surface area (TPSA) is 139 Å². The largest absolute Gasteiger partial charge is 0.460 e. The summed E-state index contributed by atoms with van der Waals surface area (Å²) < 4.78 is 4.95. The van der Waals surface area contributed by atoms with Crippen LogP contribution in [0.25, 0.3) is 0 Å². The van der Waals surface area contributed by atoms with Crippen LogP contribution < -0.4 is 0 Å². The van der Waals surface area contributed by atoms with Crippen LogP contribution in [-0.2, 0) is 28.7 Å². The molecule has 0 bridgehead atoms. The maximum absolute atomic E-state index is 11.6. The highest BCUT2D eigenvalue weighted by atomic mass is 16.6. The third kappa shape index (κ3) is 12.7. The molecule has 1 atom stereocenters. The van der Waals surface area contributed by atoms with Crippen molar-refractivity contribution in [1.29, 1.82) is 5.26 Å². The van der Waals surface area contributed by atoms with E-state index < -0.39 is 66.5 Å². The normalized spacial score (nSPS) is 12.0. The van der Waals surface area contributed by atoms with Gasteiger partial charge < -0.3 is 9.84 Å². The van der Waals surface area contributed by atoms with Gasteiger partial charge in [-0.25, -0.2) is 0 Å². The van der Waals surface area contributed by atoms with Gasteiger partial charge in [0.2, 0.25) is 0 Å². The molecule has 0 aromatic rings. The molecule has 0 saturated heterocycles. The minimum Gasteiger partial charge on any atom is -0.460 e. The lowest BCUT2D eigenvalue weighted by molar-refractivity contribution is -0.156. The molecule has 0 aromatic carbocycles. The quantitative estimate of drug-likeness (QED) is 0.425. The minimum absolute atomic E-state index is 0.224. The van der Waals surface area contributed by atoms with Crippen molar-refractivity contribution < 1.29 is 33.8 Å². The van der Waals surface area contributed by atoms with Crippen LogP contribution in [0.3, 0.4) is 0 Å². The summed E-state index contributed by atoms with van der Waals surface area (Å²) in [5.74, 6) is -3.37. The van der Waals surface area contributed by atoms with E-state index in [-0.39, 0.29) is 12.8 Å². The van der Waals surface area contributed by atoms with Gasteiger partial charge in [0.25, 0.3) is 0 Å². The monoisotopic (exact) mass is 353 g/mol. The van der Waals surface area contributed by atoms with E-state index in [1.807, 2.05) is 0 Å². The lowest BCUT2D eigenvalue weighted by atomic mass is 10.0. The molecule has 0 rings (SSSR count). The molecule has 1 unspecified atom stereocenters. The number of ketones is 4. The van der Waals surface area contributed by atoms with Crippen LogP contribution in [0.15, 0.2) is 0 Å². The summed E-state index contributed by atoms with van der Waals surface area (Å²) in [6.07, 6.45) is -4.00. The molecule has 0 aliphatic rings. The van der Waals surface area contributed by atoms with E-state index in [4.69, 9.17) is 10.00 Å². The van der Waals surface area contributed by atoms with Gasteiger partial charge in [-0.05, 0) is 20.8 Å². The zero-order chi connectivity index (χ0) is 19.6. The van der Waals surface area contributed by atoms with Crippen molar-refractivity contribution in [2.45, 2.75) is 71.0 Å². The lowest BCUT2D eigenvalue weighted by Gasteiger charge is -2.19. The number of nitriles is 1. The molecule has 0 fully saturated rings. The molecular formula is C17H23NO7. The average Bonchev–Trinajstić information content (AvgIpc) is 2.34.